The first-order valence-corrected chi connectivity index (χ1v) is 9.52. The van der Waals surface area contributed by atoms with E-state index in [1.165, 1.54) is 12.1 Å². The standard InChI is InChI=1S/C21H18FN5O4/c1-28-16-8-5-13(9-17(16)29-2)20-23-21(31-25-20)19-15-11-30-18(10-27(15)26-24-19)12-3-6-14(22)7-4-12/h3-9,18H,10-11H2,1-2H3. The van der Waals surface area contributed by atoms with Crippen LogP contribution in [-0.2, 0) is 17.9 Å². The van der Waals surface area contributed by atoms with Crippen molar-refractivity contribution in [3.05, 3.63) is 59.5 Å². The second kappa shape index (κ2) is 7.80. The van der Waals surface area contributed by atoms with E-state index in [0.29, 0.717) is 35.1 Å². The number of halogens is 1. The van der Waals surface area contributed by atoms with Gasteiger partial charge in [-0.05, 0) is 35.9 Å². The van der Waals surface area contributed by atoms with Gasteiger partial charge in [0.1, 0.15) is 11.9 Å². The molecule has 0 amide bonds. The number of benzene rings is 2. The van der Waals surface area contributed by atoms with Crippen molar-refractivity contribution in [3.8, 4) is 34.5 Å². The van der Waals surface area contributed by atoms with Crippen molar-refractivity contribution in [2.75, 3.05) is 14.2 Å². The molecule has 2 aromatic heterocycles. The number of hydrogen-bond acceptors (Lipinski definition) is 8. The van der Waals surface area contributed by atoms with E-state index in [-0.39, 0.29) is 24.4 Å². The Hall–Kier alpha value is -3.79. The number of rotatable bonds is 5. The van der Waals surface area contributed by atoms with Crippen LogP contribution >= 0.6 is 0 Å². The second-order valence-corrected chi connectivity index (χ2v) is 6.91. The SMILES string of the molecule is COc1ccc(-c2noc(-c3nnn4c3COC(c3ccc(F)cc3)C4)n2)cc1OC. The minimum absolute atomic E-state index is 0.243. The summed E-state index contributed by atoms with van der Waals surface area (Å²) in [6, 6.07) is 11.6. The Kier molecular flexibility index (Phi) is 4.83. The van der Waals surface area contributed by atoms with Gasteiger partial charge in [-0.15, -0.1) is 5.10 Å². The number of fused-ring (bicyclic) bond motifs is 1. The van der Waals surface area contributed by atoms with Gasteiger partial charge in [0.05, 0.1) is 33.1 Å². The molecule has 31 heavy (non-hydrogen) atoms. The largest absolute Gasteiger partial charge is 0.493 e. The van der Waals surface area contributed by atoms with Crippen LogP contribution in [0, 0.1) is 5.82 Å². The molecule has 0 spiro atoms. The number of hydrogen-bond donors (Lipinski definition) is 0. The van der Waals surface area contributed by atoms with Crippen LogP contribution in [0.3, 0.4) is 0 Å². The minimum atomic E-state index is -0.287. The summed E-state index contributed by atoms with van der Waals surface area (Å²) in [4.78, 5) is 4.46. The highest BCUT2D eigenvalue weighted by Gasteiger charge is 2.28. The van der Waals surface area contributed by atoms with Gasteiger partial charge in [0.2, 0.25) is 5.82 Å². The summed E-state index contributed by atoms with van der Waals surface area (Å²) in [7, 11) is 3.13. The highest BCUT2D eigenvalue weighted by atomic mass is 19.1. The smallest absolute Gasteiger partial charge is 0.280 e. The van der Waals surface area contributed by atoms with E-state index in [0.717, 1.165) is 11.3 Å². The Morgan fingerprint density at radius 1 is 1.06 bits per heavy atom. The first-order chi connectivity index (χ1) is 15.2. The Morgan fingerprint density at radius 2 is 1.87 bits per heavy atom. The molecule has 0 bridgehead atoms. The van der Waals surface area contributed by atoms with Crippen molar-refractivity contribution in [3.63, 3.8) is 0 Å². The molecule has 0 aliphatic carbocycles. The van der Waals surface area contributed by atoms with Crippen molar-refractivity contribution < 1.29 is 23.1 Å². The quantitative estimate of drug-likeness (QED) is 0.482. The monoisotopic (exact) mass is 423 g/mol. The second-order valence-electron chi connectivity index (χ2n) is 6.91. The van der Waals surface area contributed by atoms with E-state index < -0.39 is 0 Å². The molecule has 158 valence electrons. The maximum atomic E-state index is 13.2. The minimum Gasteiger partial charge on any atom is -0.493 e. The van der Waals surface area contributed by atoms with E-state index in [2.05, 4.69) is 20.5 Å². The van der Waals surface area contributed by atoms with Gasteiger partial charge in [-0.3, -0.25) is 0 Å². The number of ether oxygens (including phenoxy) is 3. The lowest BCUT2D eigenvalue weighted by Crippen LogP contribution is -2.22. The fraction of sp³-hybridized carbons (Fsp3) is 0.238. The van der Waals surface area contributed by atoms with Crippen LogP contribution in [0.5, 0.6) is 11.5 Å². The molecule has 0 radical (unpaired) electrons. The molecular weight excluding hydrogens is 405 g/mol. The van der Waals surface area contributed by atoms with Gasteiger partial charge in [-0.25, -0.2) is 9.07 Å². The van der Waals surface area contributed by atoms with E-state index in [9.17, 15) is 4.39 Å². The number of nitrogens with zero attached hydrogens (tertiary/aromatic N) is 5. The van der Waals surface area contributed by atoms with E-state index >= 15 is 0 Å². The molecule has 1 aliphatic rings. The molecule has 0 saturated heterocycles. The zero-order chi connectivity index (χ0) is 21.4. The predicted molar refractivity (Wildman–Crippen MR) is 106 cm³/mol. The first kappa shape index (κ1) is 19.2. The zero-order valence-corrected chi connectivity index (χ0v) is 16.8. The predicted octanol–water partition coefficient (Wildman–Crippen LogP) is 3.42. The molecule has 0 fully saturated rings. The average molecular weight is 423 g/mol. The molecule has 5 rings (SSSR count). The molecule has 0 N–H and O–H groups in total. The summed E-state index contributed by atoms with van der Waals surface area (Å²) in [6.45, 7) is 0.711. The first-order valence-electron chi connectivity index (χ1n) is 9.52. The van der Waals surface area contributed by atoms with Crippen molar-refractivity contribution in [2.24, 2.45) is 0 Å². The molecule has 9 nitrogen and oxygen atoms in total. The molecule has 1 atom stereocenters. The Labute approximate surface area is 176 Å². The van der Waals surface area contributed by atoms with Crippen LogP contribution in [0.2, 0.25) is 0 Å². The summed E-state index contributed by atoms with van der Waals surface area (Å²) >= 11 is 0. The third-order valence-electron chi connectivity index (χ3n) is 5.11. The highest BCUT2D eigenvalue weighted by Crippen LogP contribution is 2.33. The molecular formula is C21H18FN5O4. The Balaban J connectivity index is 1.40. The van der Waals surface area contributed by atoms with Gasteiger partial charge in [0.25, 0.3) is 5.89 Å². The molecule has 2 aromatic carbocycles. The van der Waals surface area contributed by atoms with Gasteiger partial charge in [0, 0.05) is 5.56 Å². The molecule has 10 heteroatoms. The van der Waals surface area contributed by atoms with Crippen molar-refractivity contribution in [1.29, 1.82) is 0 Å². The van der Waals surface area contributed by atoms with E-state index in [1.807, 2.05) is 6.07 Å². The van der Waals surface area contributed by atoms with Crippen LogP contribution in [0.4, 0.5) is 4.39 Å². The van der Waals surface area contributed by atoms with Crippen molar-refractivity contribution in [2.45, 2.75) is 19.3 Å². The molecule has 1 unspecified atom stereocenters. The maximum absolute atomic E-state index is 13.2. The molecule has 4 aromatic rings. The fourth-order valence-corrected chi connectivity index (χ4v) is 3.47. The number of methoxy groups -OCH3 is 2. The van der Waals surface area contributed by atoms with Crippen LogP contribution in [-0.4, -0.2) is 39.4 Å². The van der Waals surface area contributed by atoms with Crippen LogP contribution < -0.4 is 9.47 Å². The fourth-order valence-electron chi connectivity index (χ4n) is 3.47. The molecule has 0 saturated carbocycles. The maximum Gasteiger partial charge on any atom is 0.280 e. The van der Waals surface area contributed by atoms with Crippen LogP contribution in [0.15, 0.2) is 47.0 Å². The lowest BCUT2D eigenvalue weighted by molar-refractivity contribution is -0.00120. The van der Waals surface area contributed by atoms with Crippen LogP contribution in [0.1, 0.15) is 17.4 Å². The van der Waals surface area contributed by atoms with Crippen LogP contribution in [0.25, 0.3) is 23.0 Å². The average Bonchev–Trinajstić information content (AvgIpc) is 3.45. The van der Waals surface area contributed by atoms with Gasteiger partial charge in [0.15, 0.2) is 17.2 Å². The normalized spacial score (nSPS) is 15.5. The third-order valence-corrected chi connectivity index (χ3v) is 5.11. The van der Waals surface area contributed by atoms with Gasteiger partial charge < -0.3 is 18.7 Å². The summed E-state index contributed by atoms with van der Waals surface area (Å²) in [6.07, 6.45) is -0.243. The van der Waals surface area contributed by atoms with E-state index in [1.54, 1.807) is 43.2 Å². The summed E-state index contributed by atoms with van der Waals surface area (Å²) in [5.74, 6) is 1.52. The van der Waals surface area contributed by atoms with E-state index in [4.69, 9.17) is 18.7 Å². The van der Waals surface area contributed by atoms with Crippen molar-refractivity contribution >= 4 is 0 Å². The number of aromatic nitrogens is 5. The Bertz CT molecular complexity index is 1220. The van der Waals surface area contributed by atoms with Gasteiger partial charge >= 0.3 is 0 Å². The summed E-state index contributed by atoms with van der Waals surface area (Å²) in [5.41, 5.74) is 2.79. The van der Waals surface area contributed by atoms with Gasteiger partial charge in [-0.2, -0.15) is 4.98 Å². The zero-order valence-electron chi connectivity index (χ0n) is 16.8. The molecule has 3 heterocycles. The Morgan fingerprint density at radius 3 is 2.65 bits per heavy atom. The molecule has 1 aliphatic heterocycles. The van der Waals surface area contributed by atoms with Crippen molar-refractivity contribution in [1.82, 2.24) is 25.1 Å². The van der Waals surface area contributed by atoms with Gasteiger partial charge in [-0.1, -0.05) is 22.5 Å². The summed E-state index contributed by atoms with van der Waals surface area (Å²) < 4.78 is 36.9. The highest BCUT2D eigenvalue weighted by molar-refractivity contribution is 5.63. The topological polar surface area (TPSA) is 97.3 Å². The lowest BCUT2D eigenvalue weighted by atomic mass is 10.1. The lowest BCUT2D eigenvalue weighted by Gasteiger charge is -2.24. The summed E-state index contributed by atoms with van der Waals surface area (Å²) in [5, 5.41) is 12.5. The third kappa shape index (κ3) is 3.50.